The zero-order valence-electron chi connectivity index (χ0n) is 16.7. The number of pyridine rings is 1. The lowest BCUT2D eigenvalue weighted by Crippen LogP contribution is -2.48. The smallest absolute Gasteiger partial charge is 0.238 e. The van der Waals surface area contributed by atoms with Gasteiger partial charge in [0, 0.05) is 69.6 Å². The van der Waals surface area contributed by atoms with Gasteiger partial charge in [-0.05, 0) is 42.8 Å². The molecule has 7 nitrogen and oxygen atoms in total. The first-order chi connectivity index (χ1) is 13.4. The molecule has 1 aliphatic heterocycles. The van der Waals surface area contributed by atoms with Crippen molar-refractivity contribution < 1.29 is 9.59 Å². The molecule has 0 aliphatic carbocycles. The average molecular weight is 381 g/mol. The van der Waals surface area contributed by atoms with Crippen LogP contribution in [0.4, 0.5) is 17.1 Å². The fraction of sp³-hybridized carbons (Fsp3) is 0.381. The number of hydrogen-bond acceptors (Lipinski definition) is 5. The SMILES string of the molecule is CC(=O)N(C)c1ccc(NC(=O)CN2CCN(c3ccncc3C)CC2)cc1. The highest BCUT2D eigenvalue weighted by Gasteiger charge is 2.20. The van der Waals surface area contributed by atoms with E-state index in [1.54, 1.807) is 11.9 Å². The van der Waals surface area contributed by atoms with Crippen LogP contribution >= 0.6 is 0 Å². The summed E-state index contributed by atoms with van der Waals surface area (Å²) < 4.78 is 0. The quantitative estimate of drug-likeness (QED) is 0.859. The van der Waals surface area contributed by atoms with Gasteiger partial charge in [0.1, 0.15) is 0 Å². The van der Waals surface area contributed by atoms with Crippen molar-refractivity contribution in [1.29, 1.82) is 0 Å². The van der Waals surface area contributed by atoms with Gasteiger partial charge >= 0.3 is 0 Å². The van der Waals surface area contributed by atoms with Gasteiger partial charge in [0.15, 0.2) is 0 Å². The number of aryl methyl sites for hydroxylation is 1. The lowest BCUT2D eigenvalue weighted by Gasteiger charge is -2.36. The fourth-order valence-corrected chi connectivity index (χ4v) is 3.32. The van der Waals surface area contributed by atoms with E-state index in [0.29, 0.717) is 6.54 Å². The molecular formula is C21H27N5O2. The Kier molecular flexibility index (Phi) is 6.26. The maximum Gasteiger partial charge on any atom is 0.238 e. The molecular weight excluding hydrogens is 354 g/mol. The molecule has 0 atom stereocenters. The van der Waals surface area contributed by atoms with E-state index < -0.39 is 0 Å². The van der Waals surface area contributed by atoms with E-state index in [4.69, 9.17) is 0 Å². The van der Waals surface area contributed by atoms with Crippen LogP contribution in [0.2, 0.25) is 0 Å². The Hall–Kier alpha value is -2.93. The summed E-state index contributed by atoms with van der Waals surface area (Å²) in [7, 11) is 1.73. The minimum atomic E-state index is -0.0297. The van der Waals surface area contributed by atoms with E-state index in [1.807, 2.05) is 42.7 Å². The molecule has 1 aliphatic rings. The first kappa shape index (κ1) is 19.8. The summed E-state index contributed by atoms with van der Waals surface area (Å²) in [5, 5.41) is 2.93. The number of hydrogen-bond donors (Lipinski definition) is 1. The second-order valence-corrected chi connectivity index (χ2v) is 7.10. The van der Waals surface area contributed by atoms with Crippen LogP contribution in [0.25, 0.3) is 0 Å². The van der Waals surface area contributed by atoms with Gasteiger partial charge in [-0.2, -0.15) is 0 Å². The summed E-state index contributed by atoms with van der Waals surface area (Å²) in [6.45, 7) is 7.44. The molecule has 1 aromatic heterocycles. The summed E-state index contributed by atoms with van der Waals surface area (Å²) >= 11 is 0. The Labute approximate surface area is 166 Å². The Balaban J connectivity index is 1.48. The van der Waals surface area contributed by atoms with Crippen molar-refractivity contribution in [2.75, 3.05) is 54.9 Å². The molecule has 0 bridgehead atoms. The van der Waals surface area contributed by atoms with E-state index >= 15 is 0 Å². The summed E-state index contributed by atoms with van der Waals surface area (Å²) in [6.07, 6.45) is 3.70. The van der Waals surface area contributed by atoms with Gasteiger partial charge in [-0.15, -0.1) is 0 Å². The van der Waals surface area contributed by atoms with Gasteiger partial charge < -0.3 is 15.1 Å². The molecule has 3 rings (SSSR count). The largest absolute Gasteiger partial charge is 0.369 e. The van der Waals surface area contributed by atoms with Crippen LogP contribution in [0.5, 0.6) is 0 Å². The number of nitrogens with one attached hydrogen (secondary N) is 1. The van der Waals surface area contributed by atoms with Crippen molar-refractivity contribution in [3.63, 3.8) is 0 Å². The minimum Gasteiger partial charge on any atom is -0.369 e. The van der Waals surface area contributed by atoms with Gasteiger partial charge in [-0.25, -0.2) is 0 Å². The number of carbonyl (C=O) groups is 2. The highest BCUT2D eigenvalue weighted by atomic mass is 16.2. The third kappa shape index (κ3) is 4.86. The third-order valence-corrected chi connectivity index (χ3v) is 5.08. The molecule has 28 heavy (non-hydrogen) atoms. The highest BCUT2D eigenvalue weighted by molar-refractivity contribution is 5.93. The third-order valence-electron chi connectivity index (χ3n) is 5.08. The van der Waals surface area contributed by atoms with Gasteiger partial charge in [-0.3, -0.25) is 19.5 Å². The second-order valence-electron chi connectivity index (χ2n) is 7.10. The first-order valence-corrected chi connectivity index (χ1v) is 9.46. The number of benzene rings is 1. The van der Waals surface area contributed by atoms with Crippen molar-refractivity contribution in [1.82, 2.24) is 9.88 Å². The van der Waals surface area contributed by atoms with Crippen LogP contribution in [-0.4, -0.2) is 61.5 Å². The van der Waals surface area contributed by atoms with E-state index in [2.05, 4.69) is 27.0 Å². The fourth-order valence-electron chi connectivity index (χ4n) is 3.32. The molecule has 1 aromatic carbocycles. The molecule has 1 fully saturated rings. The van der Waals surface area contributed by atoms with Crippen molar-refractivity contribution >= 4 is 28.9 Å². The average Bonchev–Trinajstić information content (AvgIpc) is 2.69. The van der Waals surface area contributed by atoms with E-state index in [1.165, 1.54) is 18.2 Å². The molecule has 2 heterocycles. The summed E-state index contributed by atoms with van der Waals surface area (Å²) in [6, 6.07) is 9.33. The lowest BCUT2D eigenvalue weighted by atomic mass is 10.2. The van der Waals surface area contributed by atoms with Crippen molar-refractivity contribution in [3.05, 3.63) is 48.3 Å². The number of amides is 2. The maximum absolute atomic E-state index is 12.4. The highest BCUT2D eigenvalue weighted by Crippen LogP contribution is 2.20. The zero-order valence-corrected chi connectivity index (χ0v) is 16.7. The molecule has 2 amide bonds. The Morgan fingerprint density at radius 2 is 1.79 bits per heavy atom. The Morgan fingerprint density at radius 1 is 1.11 bits per heavy atom. The minimum absolute atomic E-state index is 0.0267. The van der Waals surface area contributed by atoms with Crippen LogP contribution < -0.4 is 15.1 Å². The predicted octanol–water partition coefficient (Wildman–Crippen LogP) is 2.13. The van der Waals surface area contributed by atoms with Gasteiger partial charge in [0.05, 0.1) is 6.54 Å². The standard InChI is InChI=1S/C21H27N5O2/c1-16-14-22-9-8-20(16)26-12-10-25(11-13-26)15-21(28)23-18-4-6-19(7-5-18)24(3)17(2)27/h4-9,14H,10-13,15H2,1-3H3,(H,23,28). The molecule has 0 radical (unpaired) electrons. The normalized spacial score (nSPS) is 14.6. The second kappa shape index (κ2) is 8.84. The number of carbonyl (C=O) groups excluding carboxylic acids is 2. The van der Waals surface area contributed by atoms with Crippen LogP contribution in [0.3, 0.4) is 0 Å². The van der Waals surface area contributed by atoms with Gasteiger partial charge in [0.25, 0.3) is 0 Å². The molecule has 0 unspecified atom stereocenters. The molecule has 2 aromatic rings. The molecule has 7 heteroatoms. The van der Waals surface area contributed by atoms with Crippen LogP contribution in [0, 0.1) is 6.92 Å². The molecule has 0 saturated carbocycles. The lowest BCUT2D eigenvalue weighted by molar-refractivity contribution is -0.117. The van der Waals surface area contributed by atoms with Gasteiger partial charge in [0.2, 0.25) is 11.8 Å². The van der Waals surface area contributed by atoms with Crippen LogP contribution in [-0.2, 0) is 9.59 Å². The topological polar surface area (TPSA) is 68.8 Å². The predicted molar refractivity (Wildman–Crippen MR) is 112 cm³/mol. The van der Waals surface area contributed by atoms with E-state index in [9.17, 15) is 9.59 Å². The van der Waals surface area contributed by atoms with E-state index in [-0.39, 0.29) is 11.8 Å². The summed E-state index contributed by atoms with van der Waals surface area (Å²) in [4.78, 5) is 34.0. The monoisotopic (exact) mass is 381 g/mol. The molecule has 1 saturated heterocycles. The molecule has 1 N–H and O–H groups in total. The zero-order chi connectivity index (χ0) is 20.1. The maximum atomic E-state index is 12.4. The number of piperazine rings is 1. The van der Waals surface area contributed by atoms with Crippen LogP contribution in [0.1, 0.15) is 12.5 Å². The van der Waals surface area contributed by atoms with Crippen LogP contribution in [0.15, 0.2) is 42.7 Å². The van der Waals surface area contributed by atoms with Crippen molar-refractivity contribution in [3.8, 4) is 0 Å². The Morgan fingerprint density at radius 3 is 2.39 bits per heavy atom. The Bertz CT molecular complexity index is 829. The number of aromatic nitrogens is 1. The number of rotatable bonds is 5. The number of anilines is 3. The number of nitrogens with zero attached hydrogens (tertiary/aromatic N) is 4. The van der Waals surface area contributed by atoms with Crippen molar-refractivity contribution in [2.24, 2.45) is 0 Å². The molecule has 0 spiro atoms. The van der Waals surface area contributed by atoms with E-state index in [0.717, 1.165) is 37.6 Å². The summed E-state index contributed by atoms with van der Waals surface area (Å²) in [5.74, 6) is -0.0564. The van der Waals surface area contributed by atoms with Crippen molar-refractivity contribution in [2.45, 2.75) is 13.8 Å². The van der Waals surface area contributed by atoms with Gasteiger partial charge in [-0.1, -0.05) is 0 Å². The summed E-state index contributed by atoms with van der Waals surface area (Å²) in [5.41, 5.74) is 3.92. The molecule has 148 valence electrons. The first-order valence-electron chi connectivity index (χ1n) is 9.46.